The lowest BCUT2D eigenvalue weighted by Gasteiger charge is -2.44. The molecule has 0 bridgehead atoms. The number of methoxy groups -OCH3 is 1. The van der Waals surface area contributed by atoms with Gasteiger partial charge < -0.3 is 4.74 Å². The minimum atomic E-state index is -0.625. The summed E-state index contributed by atoms with van der Waals surface area (Å²) in [5.74, 6) is 0.200. The lowest BCUT2D eigenvalue weighted by atomic mass is 9.58. The maximum atomic E-state index is 13.6. The van der Waals surface area contributed by atoms with Gasteiger partial charge in [0.05, 0.1) is 12.5 Å². The first-order chi connectivity index (χ1) is 15.7. The summed E-state index contributed by atoms with van der Waals surface area (Å²) >= 11 is 0. The Morgan fingerprint density at radius 2 is 1.45 bits per heavy atom. The molecular weight excluding hydrogens is 430 g/mol. The van der Waals surface area contributed by atoms with Gasteiger partial charge in [-0.25, -0.2) is 0 Å². The second-order valence-electron chi connectivity index (χ2n) is 9.00. The Bertz CT molecular complexity index is 1090. The fraction of sp³-hybridized carbons (Fsp3) is 0.276. The summed E-state index contributed by atoms with van der Waals surface area (Å²) in [7, 11) is 1.53. The van der Waals surface area contributed by atoms with E-state index in [0.717, 1.165) is 13.1 Å². The number of allylic oxidation sites excluding steroid dienone is 2. The number of esters is 1. The van der Waals surface area contributed by atoms with Crippen molar-refractivity contribution in [1.82, 2.24) is 4.90 Å². The number of likely N-dealkylation sites (tertiary alicyclic amines) is 1. The molecule has 4 unspecified atom stereocenters. The summed E-state index contributed by atoms with van der Waals surface area (Å²) in [5.41, 5.74) is 3.08. The smallest absolute Gasteiger partial charge is 0.314 e. The molecule has 170 valence electrons. The van der Waals surface area contributed by atoms with Crippen molar-refractivity contribution in [2.24, 2.45) is 11.3 Å². The number of halogens is 1. The van der Waals surface area contributed by atoms with Crippen LogP contribution < -0.4 is 0 Å². The fourth-order valence-corrected chi connectivity index (χ4v) is 5.88. The van der Waals surface area contributed by atoms with Crippen LogP contribution in [0.1, 0.15) is 28.5 Å². The zero-order chi connectivity index (χ0) is 22.0. The number of carbonyl (C=O) groups excluding carboxylic acids is 1. The molecule has 0 saturated carbocycles. The van der Waals surface area contributed by atoms with Crippen LogP contribution >= 0.6 is 12.4 Å². The summed E-state index contributed by atoms with van der Waals surface area (Å²) in [6.45, 7) is 2.38. The Balaban J connectivity index is 0.00000259. The lowest BCUT2D eigenvalue weighted by molar-refractivity contribution is -0.156. The molecule has 4 atom stereocenters. The van der Waals surface area contributed by atoms with Crippen molar-refractivity contribution >= 4 is 18.4 Å². The molecule has 2 aliphatic rings. The Morgan fingerprint density at radius 3 is 2.06 bits per heavy atom. The van der Waals surface area contributed by atoms with E-state index >= 15 is 0 Å². The van der Waals surface area contributed by atoms with Crippen LogP contribution in [0.2, 0.25) is 0 Å². The van der Waals surface area contributed by atoms with Gasteiger partial charge in [0.25, 0.3) is 0 Å². The van der Waals surface area contributed by atoms with Crippen LogP contribution in [0.4, 0.5) is 0 Å². The zero-order valence-corrected chi connectivity index (χ0v) is 19.7. The summed E-state index contributed by atoms with van der Waals surface area (Å²) < 4.78 is 5.53. The SMILES string of the molecule is COC(=O)C12CN(Cc3ccccc3)CC1C(c1ccccc1)C=CC2c1ccccc1.Cl. The van der Waals surface area contributed by atoms with E-state index < -0.39 is 5.41 Å². The lowest BCUT2D eigenvalue weighted by Crippen LogP contribution is -2.48. The molecular formula is C29H30ClNO2. The highest BCUT2D eigenvalue weighted by Gasteiger charge is 2.60. The number of nitrogens with zero attached hydrogens (tertiary/aromatic N) is 1. The second-order valence-corrected chi connectivity index (χ2v) is 9.00. The molecule has 5 rings (SSSR count). The molecule has 0 amide bonds. The largest absolute Gasteiger partial charge is 0.469 e. The van der Waals surface area contributed by atoms with Gasteiger partial charge in [-0.1, -0.05) is 103 Å². The van der Waals surface area contributed by atoms with Gasteiger partial charge in [0.15, 0.2) is 0 Å². The van der Waals surface area contributed by atoms with E-state index in [9.17, 15) is 4.79 Å². The van der Waals surface area contributed by atoms with Crippen molar-refractivity contribution in [1.29, 1.82) is 0 Å². The standard InChI is InChI=1S/C29H29NO2.ClH/c1-32-28(31)29-21-30(19-22-11-5-2-6-12-22)20-27(29)25(23-13-7-3-8-14-23)17-18-26(29)24-15-9-4-10-16-24;/h2-18,25-27H,19-21H2,1H3;1H. The quantitative estimate of drug-likeness (QED) is 0.354. The summed E-state index contributed by atoms with van der Waals surface area (Å²) in [6.07, 6.45) is 4.58. The molecule has 4 heteroatoms. The Labute approximate surface area is 202 Å². The van der Waals surface area contributed by atoms with Crippen LogP contribution in [-0.2, 0) is 16.1 Å². The monoisotopic (exact) mass is 459 g/mol. The van der Waals surface area contributed by atoms with Crippen molar-refractivity contribution in [2.75, 3.05) is 20.2 Å². The first kappa shape index (κ1) is 23.3. The molecule has 33 heavy (non-hydrogen) atoms. The second kappa shape index (κ2) is 9.94. The third-order valence-electron chi connectivity index (χ3n) is 7.26. The maximum Gasteiger partial charge on any atom is 0.314 e. The van der Waals surface area contributed by atoms with Gasteiger partial charge in [0.1, 0.15) is 0 Å². The molecule has 1 heterocycles. The van der Waals surface area contributed by atoms with Gasteiger partial charge in [-0.15, -0.1) is 12.4 Å². The average Bonchev–Trinajstić information content (AvgIpc) is 3.24. The third kappa shape index (κ3) is 4.23. The minimum Gasteiger partial charge on any atom is -0.469 e. The number of carbonyl (C=O) groups is 1. The minimum absolute atomic E-state index is 0. The van der Waals surface area contributed by atoms with Crippen LogP contribution in [0, 0.1) is 11.3 Å². The summed E-state index contributed by atoms with van der Waals surface area (Å²) in [5, 5.41) is 0. The van der Waals surface area contributed by atoms with E-state index in [0.29, 0.717) is 6.54 Å². The maximum absolute atomic E-state index is 13.6. The normalized spacial score (nSPS) is 26.3. The Hall–Kier alpha value is -2.88. The number of rotatable bonds is 5. The van der Waals surface area contributed by atoms with Crippen molar-refractivity contribution < 1.29 is 9.53 Å². The highest BCUT2D eigenvalue weighted by atomic mass is 35.5. The van der Waals surface area contributed by atoms with Gasteiger partial charge in [-0.05, 0) is 16.7 Å². The predicted molar refractivity (Wildman–Crippen MR) is 134 cm³/mol. The van der Waals surface area contributed by atoms with E-state index in [2.05, 4.69) is 89.8 Å². The highest BCUT2D eigenvalue weighted by molar-refractivity contribution is 5.85. The fourth-order valence-electron chi connectivity index (χ4n) is 5.88. The first-order valence-corrected chi connectivity index (χ1v) is 11.4. The molecule has 0 aromatic heterocycles. The van der Waals surface area contributed by atoms with E-state index in [1.807, 2.05) is 18.2 Å². The molecule has 3 nitrogen and oxygen atoms in total. The van der Waals surface area contributed by atoms with Gasteiger partial charge in [0, 0.05) is 37.4 Å². The molecule has 0 radical (unpaired) electrons. The molecule has 0 spiro atoms. The zero-order valence-electron chi connectivity index (χ0n) is 18.8. The number of fused-ring (bicyclic) bond motifs is 1. The number of benzene rings is 3. The van der Waals surface area contributed by atoms with E-state index in [1.54, 1.807) is 0 Å². The molecule has 1 aliphatic heterocycles. The highest BCUT2D eigenvalue weighted by Crippen LogP contribution is 2.57. The van der Waals surface area contributed by atoms with E-state index in [4.69, 9.17) is 4.74 Å². The predicted octanol–water partition coefficient (Wildman–Crippen LogP) is 5.84. The Kier molecular flexibility index (Phi) is 7.02. The third-order valence-corrected chi connectivity index (χ3v) is 7.26. The van der Waals surface area contributed by atoms with Crippen LogP contribution in [0.15, 0.2) is 103 Å². The first-order valence-electron chi connectivity index (χ1n) is 11.4. The molecule has 3 aromatic rings. The molecule has 1 fully saturated rings. The molecule has 0 N–H and O–H groups in total. The van der Waals surface area contributed by atoms with Gasteiger partial charge in [-0.3, -0.25) is 9.69 Å². The van der Waals surface area contributed by atoms with E-state index in [1.165, 1.54) is 23.8 Å². The Morgan fingerprint density at radius 1 is 0.879 bits per heavy atom. The van der Waals surface area contributed by atoms with Crippen molar-refractivity contribution in [3.63, 3.8) is 0 Å². The van der Waals surface area contributed by atoms with Crippen molar-refractivity contribution in [3.05, 3.63) is 120 Å². The average molecular weight is 460 g/mol. The molecule has 1 saturated heterocycles. The van der Waals surface area contributed by atoms with Crippen molar-refractivity contribution in [2.45, 2.75) is 18.4 Å². The molecule has 3 aromatic carbocycles. The van der Waals surface area contributed by atoms with Gasteiger partial charge >= 0.3 is 5.97 Å². The van der Waals surface area contributed by atoms with Gasteiger partial charge in [-0.2, -0.15) is 0 Å². The number of hydrogen-bond acceptors (Lipinski definition) is 3. The topological polar surface area (TPSA) is 29.5 Å². The summed E-state index contributed by atoms with van der Waals surface area (Å²) in [4.78, 5) is 16.1. The van der Waals surface area contributed by atoms with Crippen LogP contribution in [0.3, 0.4) is 0 Å². The van der Waals surface area contributed by atoms with Crippen LogP contribution in [0.5, 0.6) is 0 Å². The van der Waals surface area contributed by atoms with Crippen LogP contribution in [0.25, 0.3) is 0 Å². The van der Waals surface area contributed by atoms with Crippen molar-refractivity contribution in [3.8, 4) is 0 Å². The van der Waals surface area contributed by atoms with Crippen LogP contribution in [-0.4, -0.2) is 31.1 Å². The van der Waals surface area contributed by atoms with Gasteiger partial charge in [0.2, 0.25) is 0 Å². The summed E-state index contributed by atoms with van der Waals surface area (Å²) in [6, 6.07) is 31.5. The van der Waals surface area contributed by atoms with E-state index in [-0.39, 0.29) is 36.1 Å². The molecule has 1 aliphatic carbocycles. The number of hydrogen-bond donors (Lipinski definition) is 0. The number of ether oxygens (including phenoxy) is 1.